The second-order valence-corrected chi connectivity index (χ2v) is 10.6. The van der Waals surface area contributed by atoms with Crippen LogP contribution in [-0.2, 0) is 26.2 Å². The van der Waals surface area contributed by atoms with E-state index in [1.807, 2.05) is 53.3 Å². The molecule has 6 nitrogen and oxygen atoms in total. The number of amides is 1. The minimum atomic E-state index is -0.149. The maximum atomic E-state index is 13.4. The summed E-state index contributed by atoms with van der Waals surface area (Å²) >= 11 is 5.06. The summed E-state index contributed by atoms with van der Waals surface area (Å²) in [6, 6.07) is 11.8. The first-order valence-electron chi connectivity index (χ1n) is 12.1. The number of methoxy groups -OCH3 is 1. The summed E-state index contributed by atoms with van der Waals surface area (Å²) in [5, 5.41) is 2.71. The number of likely N-dealkylation sites (N-methyl/N-ethyl adjacent to an activating group) is 1. The number of carbonyl (C=O) groups excluding carboxylic acids is 3. The predicted octanol–water partition coefficient (Wildman–Crippen LogP) is 6.20. The molecular weight excluding hydrogens is 528 g/mol. The minimum absolute atomic E-state index is 0.0458. The second kappa shape index (κ2) is 11.5. The number of ether oxygens (including phenoxy) is 1. The Morgan fingerprint density at radius 3 is 2.60 bits per heavy atom. The highest BCUT2D eigenvalue weighted by Gasteiger charge is 2.29. The first-order valence-corrected chi connectivity index (χ1v) is 14.1. The molecular formula is C27H31BrN2O4S. The van der Waals surface area contributed by atoms with E-state index in [0.717, 1.165) is 52.5 Å². The van der Waals surface area contributed by atoms with Gasteiger partial charge in [-0.25, -0.2) is 0 Å². The maximum Gasteiger partial charge on any atom is 0.308 e. The van der Waals surface area contributed by atoms with Crippen LogP contribution in [0.15, 0.2) is 41.8 Å². The molecule has 1 aromatic carbocycles. The van der Waals surface area contributed by atoms with Crippen molar-refractivity contribution >= 4 is 60.8 Å². The van der Waals surface area contributed by atoms with Crippen LogP contribution >= 0.6 is 27.3 Å². The number of carbonyl (C=O) groups is 3. The van der Waals surface area contributed by atoms with E-state index in [2.05, 4.69) is 15.9 Å². The molecule has 0 bridgehead atoms. The number of benzene rings is 1. The third kappa shape index (κ3) is 5.70. The zero-order chi connectivity index (χ0) is 24.9. The quantitative estimate of drug-likeness (QED) is 0.178. The highest BCUT2D eigenvalue weighted by atomic mass is 79.9. The SMILES string of the molecule is CCN(C(=O)Cn1c(C(=O)CC2CCC(C(=O)OC)CC2)cc2sccc21)c1cccc(CBr)c1. The normalized spacial score (nSPS) is 17.9. The lowest BCUT2D eigenvalue weighted by Gasteiger charge is -2.26. The van der Waals surface area contributed by atoms with E-state index in [9.17, 15) is 14.4 Å². The van der Waals surface area contributed by atoms with Gasteiger partial charge in [0.25, 0.3) is 0 Å². The van der Waals surface area contributed by atoms with Gasteiger partial charge >= 0.3 is 5.97 Å². The summed E-state index contributed by atoms with van der Waals surface area (Å²) in [5.41, 5.74) is 3.48. The van der Waals surface area contributed by atoms with Crippen LogP contribution in [0.1, 0.15) is 55.1 Å². The lowest BCUT2D eigenvalue weighted by Crippen LogP contribution is -2.34. The second-order valence-electron chi connectivity index (χ2n) is 9.10. The van der Waals surface area contributed by atoms with Gasteiger partial charge in [0.15, 0.2) is 5.78 Å². The standard InChI is InChI=1S/C27H31BrN2O4S/c1-3-29(21-6-4-5-19(13-21)16-28)26(32)17-30-22-11-12-35-25(22)15-23(30)24(31)14-18-7-9-20(10-8-18)27(33)34-2/h4-6,11-13,15,18,20H,3,7-10,14,16-17H2,1-2H3. The molecule has 0 spiro atoms. The molecule has 0 unspecified atom stereocenters. The summed E-state index contributed by atoms with van der Waals surface area (Å²) in [5.74, 6) is 0.0630. The van der Waals surface area contributed by atoms with Gasteiger partial charge in [0.1, 0.15) is 6.54 Å². The molecule has 186 valence electrons. The van der Waals surface area contributed by atoms with Crippen LogP contribution in [-0.4, -0.2) is 35.9 Å². The fourth-order valence-corrected chi connectivity index (χ4v) is 6.22. The van der Waals surface area contributed by atoms with Crippen molar-refractivity contribution in [3.63, 3.8) is 0 Å². The number of thiophene rings is 1. The largest absolute Gasteiger partial charge is 0.469 e. The number of alkyl halides is 1. The van der Waals surface area contributed by atoms with Crippen molar-refractivity contribution in [2.75, 3.05) is 18.6 Å². The van der Waals surface area contributed by atoms with Crippen LogP contribution in [0.5, 0.6) is 0 Å². The fraction of sp³-hybridized carbons (Fsp3) is 0.444. The number of hydrogen-bond donors (Lipinski definition) is 0. The Hall–Kier alpha value is -2.45. The van der Waals surface area contributed by atoms with E-state index in [0.29, 0.717) is 18.7 Å². The van der Waals surface area contributed by atoms with Crippen LogP contribution in [0.25, 0.3) is 10.2 Å². The predicted molar refractivity (Wildman–Crippen MR) is 143 cm³/mol. The van der Waals surface area contributed by atoms with Crippen molar-refractivity contribution in [1.29, 1.82) is 0 Å². The molecule has 1 saturated carbocycles. The Labute approximate surface area is 218 Å². The fourth-order valence-electron chi connectivity index (χ4n) is 5.05. The van der Waals surface area contributed by atoms with Crippen molar-refractivity contribution in [3.8, 4) is 0 Å². The zero-order valence-corrected chi connectivity index (χ0v) is 22.6. The smallest absolute Gasteiger partial charge is 0.308 e. The minimum Gasteiger partial charge on any atom is -0.469 e. The molecule has 35 heavy (non-hydrogen) atoms. The number of hydrogen-bond acceptors (Lipinski definition) is 5. The van der Waals surface area contributed by atoms with Crippen LogP contribution in [0.2, 0.25) is 0 Å². The van der Waals surface area contributed by atoms with Crippen molar-refractivity contribution in [1.82, 2.24) is 4.57 Å². The molecule has 0 N–H and O–H groups in total. The van der Waals surface area contributed by atoms with Crippen LogP contribution < -0.4 is 4.90 Å². The summed E-state index contributed by atoms with van der Waals surface area (Å²) in [4.78, 5) is 40.4. The number of Topliss-reactive ketones (excluding diaryl/α,β-unsaturated/α-hetero) is 1. The number of fused-ring (bicyclic) bond motifs is 1. The van der Waals surface area contributed by atoms with E-state index in [1.54, 1.807) is 16.2 Å². The summed E-state index contributed by atoms with van der Waals surface area (Å²) in [6.45, 7) is 2.62. The third-order valence-electron chi connectivity index (χ3n) is 6.95. The Morgan fingerprint density at radius 1 is 1.14 bits per heavy atom. The average Bonchev–Trinajstić information content (AvgIpc) is 3.47. The molecule has 1 amide bonds. The third-order valence-corrected chi connectivity index (χ3v) is 8.45. The molecule has 2 aromatic heterocycles. The number of halogens is 1. The molecule has 3 aromatic rings. The molecule has 0 atom stereocenters. The van der Waals surface area contributed by atoms with Gasteiger partial charge in [-0.2, -0.15) is 0 Å². The van der Waals surface area contributed by atoms with Crippen molar-refractivity contribution in [2.45, 2.75) is 50.9 Å². The summed E-state index contributed by atoms with van der Waals surface area (Å²) in [6.07, 6.45) is 3.64. The molecule has 1 aliphatic rings. The Balaban J connectivity index is 1.51. The van der Waals surface area contributed by atoms with Crippen LogP contribution in [0.3, 0.4) is 0 Å². The Kier molecular flexibility index (Phi) is 8.44. The molecule has 0 aliphatic heterocycles. The van der Waals surface area contributed by atoms with Crippen molar-refractivity contribution in [3.05, 3.63) is 53.0 Å². The molecule has 2 heterocycles. The monoisotopic (exact) mass is 558 g/mol. The number of rotatable bonds is 9. The van der Waals surface area contributed by atoms with Gasteiger partial charge in [0.05, 0.1) is 28.9 Å². The van der Waals surface area contributed by atoms with Crippen LogP contribution in [0, 0.1) is 11.8 Å². The molecule has 4 rings (SSSR count). The lowest BCUT2D eigenvalue weighted by atomic mass is 9.79. The van der Waals surface area contributed by atoms with Crippen molar-refractivity contribution < 1.29 is 19.1 Å². The lowest BCUT2D eigenvalue weighted by molar-refractivity contribution is -0.146. The van der Waals surface area contributed by atoms with E-state index >= 15 is 0 Å². The van der Waals surface area contributed by atoms with Crippen LogP contribution in [0.4, 0.5) is 5.69 Å². The molecule has 0 saturated heterocycles. The number of anilines is 1. The summed E-state index contributed by atoms with van der Waals surface area (Å²) < 4.78 is 7.78. The number of aromatic nitrogens is 1. The van der Waals surface area contributed by atoms with E-state index < -0.39 is 0 Å². The van der Waals surface area contributed by atoms with E-state index in [4.69, 9.17) is 4.74 Å². The molecule has 1 fully saturated rings. The molecule has 8 heteroatoms. The highest BCUT2D eigenvalue weighted by molar-refractivity contribution is 9.08. The van der Waals surface area contributed by atoms with Gasteiger partial charge in [-0.1, -0.05) is 28.1 Å². The molecule has 0 radical (unpaired) electrons. The zero-order valence-electron chi connectivity index (χ0n) is 20.2. The van der Waals surface area contributed by atoms with Gasteiger partial charge in [-0.15, -0.1) is 11.3 Å². The van der Waals surface area contributed by atoms with Gasteiger partial charge in [-0.3, -0.25) is 14.4 Å². The number of esters is 1. The van der Waals surface area contributed by atoms with Gasteiger partial charge < -0.3 is 14.2 Å². The Morgan fingerprint density at radius 2 is 1.91 bits per heavy atom. The Bertz CT molecular complexity index is 1210. The number of nitrogens with zero attached hydrogens (tertiary/aromatic N) is 2. The van der Waals surface area contributed by atoms with E-state index in [-0.39, 0.29) is 36.0 Å². The van der Waals surface area contributed by atoms with Crippen molar-refractivity contribution in [2.24, 2.45) is 11.8 Å². The first-order chi connectivity index (χ1) is 16.9. The number of ketones is 1. The highest BCUT2D eigenvalue weighted by Crippen LogP contribution is 2.34. The van der Waals surface area contributed by atoms with Gasteiger partial charge in [0, 0.05) is 24.0 Å². The van der Waals surface area contributed by atoms with Gasteiger partial charge in [-0.05, 0) is 73.7 Å². The van der Waals surface area contributed by atoms with E-state index in [1.165, 1.54) is 7.11 Å². The topological polar surface area (TPSA) is 68.6 Å². The average molecular weight is 560 g/mol. The first kappa shape index (κ1) is 25.6. The maximum absolute atomic E-state index is 13.4. The summed E-state index contributed by atoms with van der Waals surface area (Å²) in [7, 11) is 1.43. The van der Waals surface area contributed by atoms with Gasteiger partial charge in [0.2, 0.25) is 5.91 Å². The molecule has 1 aliphatic carbocycles.